The fourth-order valence-corrected chi connectivity index (χ4v) is 1.56. The Hall–Kier alpha value is -0.610. The molecule has 0 aliphatic carbocycles. The zero-order valence-corrected chi connectivity index (χ0v) is 10.2. The third-order valence-electron chi connectivity index (χ3n) is 2.57. The van der Waals surface area contributed by atoms with Crippen molar-refractivity contribution in [2.24, 2.45) is 11.8 Å². The molecule has 4 heteroatoms. The van der Waals surface area contributed by atoms with Crippen molar-refractivity contribution < 1.29 is 9.63 Å². The molecule has 1 aliphatic heterocycles. The Labute approximate surface area is 92.7 Å². The van der Waals surface area contributed by atoms with Crippen LogP contribution < -0.4 is 5.90 Å². The molecule has 1 fully saturated rings. The van der Waals surface area contributed by atoms with Crippen molar-refractivity contribution in [3.05, 3.63) is 0 Å². The maximum atomic E-state index is 11.5. The second kappa shape index (κ2) is 8.68. The Morgan fingerprint density at radius 2 is 1.93 bits per heavy atom. The van der Waals surface area contributed by atoms with Crippen LogP contribution in [0.25, 0.3) is 0 Å². The first-order valence-electron chi connectivity index (χ1n) is 5.83. The van der Waals surface area contributed by atoms with Gasteiger partial charge in [0.05, 0.1) is 13.0 Å². The molecule has 0 atom stereocenters. The molecule has 2 N–H and O–H groups in total. The second-order valence-electron chi connectivity index (χ2n) is 3.68. The molecule has 0 radical (unpaired) electrons. The highest BCUT2D eigenvalue weighted by atomic mass is 16.6. The molecule has 0 aromatic heterocycles. The van der Waals surface area contributed by atoms with Crippen molar-refractivity contribution in [1.29, 1.82) is 0 Å². The average molecular weight is 216 g/mol. The standard InChI is InChI=1S/C9H18N2O2.C2H6/c1-8-2-5-11(6-3-8)9(12)4-7-13-10;1-2/h8H,2-7,10H2,1H3;1-2H3. The molecule has 90 valence electrons. The number of rotatable bonds is 3. The topological polar surface area (TPSA) is 55.6 Å². The van der Waals surface area contributed by atoms with Crippen molar-refractivity contribution in [1.82, 2.24) is 4.90 Å². The summed E-state index contributed by atoms with van der Waals surface area (Å²) >= 11 is 0. The minimum absolute atomic E-state index is 0.164. The van der Waals surface area contributed by atoms with E-state index in [1.807, 2.05) is 18.7 Å². The molecule has 0 aromatic rings. The highest BCUT2D eigenvalue weighted by molar-refractivity contribution is 5.76. The molecule has 1 amide bonds. The minimum Gasteiger partial charge on any atom is -0.343 e. The monoisotopic (exact) mass is 216 g/mol. The summed E-state index contributed by atoms with van der Waals surface area (Å²) in [7, 11) is 0. The maximum Gasteiger partial charge on any atom is 0.224 e. The molecule has 0 bridgehead atoms. The number of amides is 1. The van der Waals surface area contributed by atoms with Gasteiger partial charge in [0.15, 0.2) is 0 Å². The summed E-state index contributed by atoms with van der Waals surface area (Å²) in [6.07, 6.45) is 2.65. The summed E-state index contributed by atoms with van der Waals surface area (Å²) in [5, 5.41) is 0. The van der Waals surface area contributed by atoms with Crippen LogP contribution in [0.3, 0.4) is 0 Å². The minimum atomic E-state index is 0.164. The predicted molar refractivity (Wildman–Crippen MR) is 61.1 cm³/mol. The molecule has 0 saturated carbocycles. The van der Waals surface area contributed by atoms with E-state index in [1.54, 1.807) is 0 Å². The van der Waals surface area contributed by atoms with Gasteiger partial charge in [0.2, 0.25) is 5.91 Å². The van der Waals surface area contributed by atoms with E-state index < -0.39 is 0 Å². The normalized spacial score (nSPS) is 16.9. The molecule has 15 heavy (non-hydrogen) atoms. The van der Waals surface area contributed by atoms with E-state index in [0.717, 1.165) is 31.8 Å². The van der Waals surface area contributed by atoms with E-state index in [4.69, 9.17) is 5.90 Å². The number of likely N-dealkylation sites (tertiary alicyclic amines) is 1. The van der Waals surface area contributed by atoms with Crippen LogP contribution in [0.2, 0.25) is 0 Å². The van der Waals surface area contributed by atoms with E-state index in [9.17, 15) is 4.79 Å². The lowest BCUT2D eigenvalue weighted by molar-refractivity contribution is -0.133. The van der Waals surface area contributed by atoms with Gasteiger partial charge in [0, 0.05) is 13.1 Å². The van der Waals surface area contributed by atoms with Crippen LogP contribution >= 0.6 is 0 Å². The number of nitrogens with zero attached hydrogens (tertiary/aromatic N) is 1. The van der Waals surface area contributed by atoms with Gasteiger partial charge in [-0.3, -0.25) is 4.79 Å². The first-order chi connectivity index (χ1) is 7.24. The Morgan fingerprint density at radius 3 is 2.40 bits per heavy atom. The highest BCUT2D eigenvalue weighted by Crippen LogP contribution is 2.16. The van der Waals surface area contributed by atoms with Gasteiger partial charge in [0.25, 0.3) is 0 Å². The number of hydrogen-bond donors (Lipinski definition) is 1. The zero-order chi connectivity index (χ0) is 11.7. The number of piperidine rings is 1. The van der Waals surface area contributed by atoms with Gasteiger partial charge in [-0.1, -0.05) is 20.8 Å². The molecule has 0 unspecified atom stereocenters. The largest absolute Gasteiger partial charge is 0.343 e. The van der Waals surface area contributed by atoms with E-state index in [2.05, 4.69) is 11.8 Å². The number of carbonyl (C=O) groups is 1. The highest BCUT2D eigenvalue weighted by Gasteiger charge is 2.19. The number of carbonyl (C=O) groups excluding carboxylic acids is 1. The molecule has 1 rings (SSSR count). The molecule has 4 nitrogen and oxygen atoms in total. The lowest BCUT2D eigenvalue weighted by atomic mass is 9.99. The molecular formula is C11H24N2O2. The molecule has 0 spiro atoms. The summed E-state index contributed by atoms with van der Waals surface area (Å²) in [6, 6.07) is 0. The van der Waals surface area contributed by atoms with Crippen LogP contribution in [-0.2, 0) is 9.63 Å². The maximum absolute atomic E-state index is 11.5. The summed E-state index contributed by atoms with van der Waals surface area (Å²) in [5.74, 6) is 5.78. The third-order valence-corrected chi connectivity index (χ3v) is 2.57. The first-order valence-corrected chi connectivity index (χ1v) is 5.83. The van der Waals surface area contributed by atoms with E-state index in [0.29, 0.717) is 13.0 Å². The smallest absolute Gasteiger partial charge is 0.224 e. The van der Waals surface area contributed by atoms with E-state index in [1.165, 1.54) is 0 Å². The Morgan fingerprint density at radius 1 is 1.40 bits per heavy atom. The van der Waals surface area contributed by atoms with Crippen LogP contribution in [0, 0.1) is 5.92 Å². The SMILES string of the molecule is CC.CC1CCN(C(=O)CCON)CC1. The van der Waals surface area contributed by atoms with Gasteiger partial charge < -0.3 is 9.74 Å². The fourth-order valence-electron chi connectivity index (χ4n) is 1.56. The van der Waals surface area contributed by atoms with Gasteiger partial charge in [-0.25, -0.2) is 5.90 Å². The van der Waals surface area contributed by atoms with Crippen LogP contribution in [0.1, 0.15) is 40.0 Å². The van der Waals surface area contributed by atoms with Crippen molar-refractivity contribution in [3.63, 3.8) is 0 Å². The van der Waals surface area contributed by atoms with E-state index >= 15 is 0 Å². The molecule has 1 aliphatic rings. The van der Waals surface area contributed by atoms with Crippen LogP contribution in [0.15, 0.2) is 0 Å². The van der Waals surface area contributed by atoms with Gasteiger partial charge in [-0.15, -0.1) is 0 Å². The summed E-state index contributed by atoms with van der Waals surface area (Å²) in [6.45, 7) is 8.34. The van der Waals surface area contributed by atoms with Crippen molar-refractivity contribution >= 4 is 5.91 Å². The van der Waals surface area contributed by atoms with Gasteiger partial charge >= 0.3 is 0 Å². The average Bonchev–Trinajstić information content (AvgIpc) is 2.29. The summed E-state index contributed by atoms with van der Waals surface area (Å²) < 4.78 is 0. The molecule has 1 saturated heterocycles. The van der Waals surface area contributed by atoms with Crippen molar-refractivity contribution in [2.75, 3.05) is 19.7 Å². The Balaban J connectivity index is 0.000000921. The van der Waals surface area contributed by atoms with Crippen LogP contribution in [-0.4, -0.2) is 30.5 Å². The van der Waals surface area contributed by atoms with Gasteiger partial charge in [-0.2, -0.15) is 0 Å². The van der Waals surface area contributed by atoms with Gasteiger partial charge in [-0.05, 0) is 18.8 Å². The second-order valence-corrected chi connectivity index (χ2v) is 3.68. The Kier molecular flexibility index (Phi) is 8.33. The lowest BCUT2D eigenvalue weighted by Crippen LogP contribution is -2.38. The lowest BCUT2D eigenvalue weighted by Gasteiger charge is -2.30. The first kappa shape index (κ1) is 14.4. The van der Waals surface area contributed by atoms with Crippen molar-refractivity contribution in [3.8, 4) is 0 Å². The summed E-state index contributed by atoms with van der Waals surface area (Å²) in [4.78, 5) is 17.7. The summed E-state index contributed by atoms with van der Waals surface area (Å²) in [5.41, 5.74) is 0. The fraction of sp³-hybridized carbons (Fsp3) is 0.909. The predicted octanol–water partition coefficient (Wildman–Crippen LogP) is 1.55. The molecular weight excluding hydrogens is 192 g/mol. The zero-order valence-electron chi connectivity index (χ0n) is 10.2. The molecule has 0 aromatic carbocycles. The Bertz CT molecular complexity index is 166. The van der Waals surface area contributed by atoms with E-state index in [-0.39, 0.29) is 5.91 Å². The van der Waals surface area contributed by atoms with Crippen molar-refractivity contribution in [2.45, 2.75) is 40.0 Å². The van der Waals surface area contributed by atoms with Crippen LogP contribution in [0.4, 0.5) is 0 Å². The van der Waals surface area contributed by atoms with Crippen LogP contribution in [0.5, 0.6) is 0 Å². The number of nitrogens with two attached hydrogens (primary N) is 1. The number of hydrogen-bond acceptors (Lipinski definition) is 3. The quantitative estimate of drug-likeness (QED) is 0.728. The third kappa shape index (κ3) is 5.74. The molecule has 1 heterocycles. The van der Waals surface area contributed by atoms with Gasteiger partial charge in [0.1, 0.15) is 0 Å².